The molecular formula is C24H24N4OS. The third-order valence-electron chi connectivity index (χ3n) is 5.68. The molecule has 2 aromatic carbocycles. The fraction of sp³-hybridized carbons (Fsp3) is 0.250. The summed E-state index contributed by atoms with van der Waals surface area (Å²) in [4.78, 5) is 19.4. The number of hydrogen-bond acceptors (Lipinski definition) is 4. The molecule has 6 heteroatoms. The average molecular weight is 417 g/mol. The van der Waals surface area contributed by atoms with E-state index >= 15 is 0 Å². The van der Waals surface area contributed by atoms with Crippen molar-refractivity contribution in [3.8, 4) is 0 Å². The number of carbonyl (C=O) groups is 1. The van der Waals surface area contributed by atoms with E-state index in [1.165, 1.54) is 11.3 Å². The SMILES string of the molecule is Cc1nn(Cc2ccccc2)c2sc(C(=O)N3CCN(c4ccccc4)CC3)cc12. The van der Waals surface area contributed by atoms with Crippen molar-refractivity contribution in [1.82, 2.24) is 14.7 Å². The summed E-state index contributed by atoms with van der Waals surface area (Å²) in [5.74, 6) is 0.134. The summed E-state index contributed by atoms with van der Waals surface area (Å²) in [5.41, 5.74) is 3.41. The van der Waals surface area contributed by atoms with Crippen molar-refractivity contribution in [2.45, 2.75) is 13.5 Å². The van der Waals surface area contributed by atoms with Crippen molar-refractivity contribution < 1.29 is 4.79 Å². The van der Waals surface area contributed by atoms with E-state index in [4.69, 9.17) is 5.10 Å². The first kappa shape index (κ1) is 18.9. The molecular weight excluding hydrogens is 392 g/mol. The molecule has 5 rings (SSSR count). The minimum Gasteiger partial charge on any atom is -0.368 e. The maximum absolute atomic E-state index is 13.2. The standard InChI is InChI=1S/C24H24N4OS/c1-18-21-16-22(30-24(21)28(25-18)17-19-8-4-2-5-9-19)23(29)27-14-12-26(13-15-27)20-10-6-3-7-11-20/h2-11,16H,12-15,17H2,1H3. The summed E-state index contributed by atoms with van der Waals surface area (Å²) >= 11 is 1.56. The summed E-state index contributed by atoms with van der Waals surface area (Å²) in [6.45, 7) is 5.95. The number of para-hydroxylation sites is 1. The second kappa shape index (κ2) is 7.95. The van der Waals surface area contributed by atoms with Gasteiger partial charge in [0, 0.05) is 37.3 Å². The van der Waals surface area contributed by atoms with Crippen LogP contribution >= 0.6 is 11.3 Å². The molecule has 1 saturated heterocycles. The number of thiophene rings is 1. The zero-order valence-corrected chi connectivity index (χ0v) is 17.8. The molecule has 152 valence electrons. The molecule has 0 saturated carbocycles. The third-order valence-corrected chi connectivity index (χ3v) is 6.82. The van der Waals surface area contributed by atoms with Crippen LogP contribution in [-0.4, -0.2) is 46.8 Å². The molecule has 0 atom stereocenters. The third kappa shape index (κ3) is 3.59. The number of anilines is 1. The van der Waals surface area contributed by atoms with Gasteiger partial charge in [0.1, 0.15) is 4.83 Å². The van der Waals surface area contributed by atoms with Crippen molar-refractivity contribution in [3.05, 3.63) is 82.9 Å². The zero-order valence-electron chi connectivity index (χ0n) is 17.0. The van der Waals surface area contributed by atoms with Gasteiger partial charge in [0.25, 0.3) is 5.91 Å². The Bertz CT molecular complexity index is 1160. The van der Waals surface area contributed by atoms with Crippen molar-refractivity contribution in [3.63, 3.8) is 0 Å². The lowest BCUT2D eigenvalue weighted by molar-refractivity contribution is 0.0751. The number of aromatic nitrogens is 2. The lowest BCUT2D eigenvalue weighted by Crippen LogP contribution is -2.48. The lowest BCUT2D eigenvalue weighted by atomic mass is 10.2. The molecule has 1 amide bonds. The van der Waals surface area contributed by atoms with Crippen LogP contribution in [0.2, 0.25) is 0 Å². The number of aryl methyl sites for hydroxylation is 1. The highest BCUT2D eigenvalue weighted by molar-refractivity contribution is 7.20. The minimum atomic E-state index is 0.134. The highest BCUT2D eigenvalue weighted by Crippen LogP contribution is 2.30. The van der Waals surface area contributed by atoms with Crippen LogP contribution in [0, 0.1) is 6.92 Å². The molecule has 0 bridgehead atoms. The van der Waals surface area contributed by atoms with Gasteiger partial charge in [-0.25, -0.2) is 0 Å². The molecule has 0 spiro atoms. The Hall–Kier alpha value is -3.12. The summed E-state index contributed by atoms with van der Waals surface area (Å²) in [7, 11) is 0. The molecule has 0 N–H and O–H groups in total. The van der Waals surface area contributed by atoms with Gasteiger partial charge in [-0.1, -0.05) is 48.5 Å². The highest BCUT2D eigenvalue weighted by Gasteiger charge is 2.25. The second-order valence-corrected chi connectivity index (χ2v) is 8.70. The normalized spacial score (nSPS) is 14.4. The molecule has 1 aliphatic rings. The van der Waals surface area contributed by atoms with E-state index in [1.54, 1.807) is 11.3 Å². The summed E-state index contributed by atoms with van der Waals surface area (Å²) in [6.07, 6.45) is 0. The number of nitrogens with zero attached hydrogens (tertiary/aromatic N) is 4. The number of benzene rings is 2. The van der Waals surface area contributed by atoms with E-state index in [9.17, 15) is 4.79 Å². The van der Waals surface area contributed by atoms with Crippen LogP contribution in [0.1, 0.15) is 20.9 Å². The van der Waals surface area contributed by atoms with Crippen LogP contribution in [0.5, 0.6) is 0 Å². The largest absolute Gasteiger partial charge is 0.368 e. The van der Waals surface area contributed by atoms with Gasteiger partial charge in [-0.2, -0.15) is 5.10 Å². The van der Waals surface area contributed by atoms with Crippen molar-refractivity contribution >= 4 is 33.1 Å². The molecule has 0 radical (unpaired) electrons. The van der Waals surface area contributed by atoms with Crippen LogP contribution in [0.3, 0.4) is 0 Å². The molecule has 30 heavy (non-hydrogen) atoms. The van der Waals surface area contributed by atoms with E-state index in [1.807, 2.05) is 46.8 Å². The first-order valence-corrected chi connectivity index (χ1v) is 11.1. The lowest BCUT2D eigenvalue weighted by Gasteiger charge is -2.35. The molecule has 5 nitrogen and oxygen atoms in total. The van der Waals surface area contributed by atoms with E-state index in [0.29, 0.717) is 0 Å². The predicted octanol–water partition coefficient (Wildman–Crippen LogP) is 4.42. The highest BCUT2D eigenvalue weighted by atomic mass is 32.1. The molecule has 0 aliphatic carbocycles. The number of carbonyl (C=O) groups excluding carboxylic acids is 1. The monoisotopic (exact) mass is 416 g/mol. The van der Waals surface area contributed by atoms with Crippen LogP contribution in [0.25, 0.3) is 10.2 Å². The number of hydrogen-bond donors (Lipinski definition) is 0. The Morgan fingerprint density at radius 2 is 1.63 bits per heavy atom. The number of rotatable bonds is 4. The number of piperazine rings is 1. The Morgan fingerprint density at radius 1 is 0.967 bits per heavy atom. The van der Waals surface area contributed by atoms with Gasteiger partial charge in [0.15, 0.2) is 0 Å². The number of fused-ring (bicyclic) bond motifs is 1. The van der Waals surface area contributed by atoms with Crippen LogP contribution in [0.15, 0.2) is 66.7 Å². The minimum absolute atomic E-state index is 0.134. The topological polar surface area (TPSA) is 41.4 Å². The molecule has 2 aromatic heterocycles. The van der Waals surface area contributed by atoms with Crippen LogP contribution < -0.4 is 4.90 Å². The molecule has 1 aliphatic heterocycles. The molecule has 4 aromatic rings. The fourth-order valence-corrected chi connectivity index (χ4v) is 5.17. The molecule has 0 unspecified atom stereocenters. The van der Waals surface area contributed by atoms with Gasteiger partial charge >= 0.3 is 0 Å². The number of amides is 1. The Balaban J connectivity index is 1.33. The van der Waals surface area contributed by atoms with E-state index < -0.39 is 0 Å². The first-order valence-electron chi connectivity index (χ1n) is 10.3. The summed E-state index contributed by atoms with van der Waals surface area (Å²) in [6, 6.07) is 22.8. The van der Waals surface area contributed by atoms with Gasteiger partial charge < -0.3 is 9.80 Å². The van der Waals surface area contributed by atoms with Gasteiger partial charge in [0.05, 0.1) is 17.1 Å². The van der Waals surface area contributed by atoms with E-state index in [0.717, 1.165) is 53.5 Å². The average Bonchev–Trinajstić information content (AvgIpc) is 3.36. The Labute approximate surface area is 180 Å². The van der Waals surface area contributed by atoms with Gasteiger partial charge in [-0.3, -0.25) is 9.48 Å². The smallest absolute Gasteiger partial charge is 0.264 e. The molecule has 3 heterocycles. The van der Waals surface area contributed by atoms with Crippen molar-refractivity contribution in [2.24, 2.45) is 0 Å². The van der Waals surface area contributed by atoms with Crippen molar-refractivity contribution in [1.29, 1.82) is 0 Å². The van der Waals surface area contributed by atoms with Gasteiger partial charge in [0.2, 0.25) is 0 Å². The Kier molecular flexibility index (Phi) is 5.01. The fourth-order valence-electron chi connectivity index (χ4n) is 4.04. The maximum Gasteiger partial charge on any atom is 0.264 e. The van der Waals surface area contributed by atoms with Crippen LogP contribution in [-0.2, 0) is 6.54 Å². The Morgan fingerprint density at radius 3 is 2.33 bits per heavy atom. The van der Waals surface area contributed by atoms with Crippen LogP contribution in [0.4, 0.5) is 5.69 Å². The van der Waals surface area contributed by atoms with Crippen molar-refractivity contribution in [2.75, 3.05) is 31.1 Å². The van der Waals surface area contributed by atoms with E-state index in [-0.39, 0.29) is 5.91 Å². The predicted molar refractivity (Wildman–Crippen MR) is 122 cm³/mol. The zero-order chi connectivity index (χ0) is 20.5. The van der Waals surface area contributed by atoms with Gasteiger partial charge in [-0.05, 0) is 30.7 Å². The summed E-state index contributed by atoms with van der Waals surface area (Å²) in [5, 5.41) is 5.78. The second-order valence-electron chi connectivity index (χ2n) is 7.67. The maximum atomic E-state index is 13.2. The van der Waals surface area contributed by atoms with E-state index in [2.05, 4.69) is 41.3 Å². The quantitative estimate of drug-likeness (QED) is 0.495. The van der Waals surface area contributed by atoms with Gasteiger partial charge in [-0.15, -0.1) is 11.3 Å². The molecule has 1 fully saturated rings. The first-order chi connectivity index (χ1) is 14.7. The summed E-state index contributed by atoms with van der Waals surface area (Å²) < 4.78 is 2.02.